The number of aliphatic hydroxyl groups is 1. The van der Waals surface area contributed by atoms with E-state index in [-0.39, 0.29) is 23.7 Å². The third-order valence-corrected chi connectivity index (χ3v) is 6.68. The van der Waals surface area contributed by atoms with Crippen LogP contribution in [0.1, 0.15) is 56.4 Å². The van der Waals surface area contributed by atoms with E-state index in [1.165, 1.54) is 25.3 Å². The molecule has 40 heavy (non-hydrogen) atoms. The molecule has 2 heterocycles. The molecule has 1 aromatic heterocycles. The zero-order valence-corrected chi connectivity index (χ0v) is 25.0. The molecule has 1 aromatic carbocycles. The van der Waals surface area contributed by atoms with Gasteiger partial charge < -0.3 is 39.4 Å². The number of aliphatic hydroxyl groups excluding tert-OH is 1. The van der Waals surface area contributed by atoms with Crippen molar-refractivity contribution in [2.45, 2.75) is 58.7 Å². The Morgan fingerprint density at radius 2 is 1.65 bits per heavy atom. The molecule has 0 fully saturated rings. The van der Waals surface area contributed by atoms with Crippen LogP contribution in [0, 0.1) is 6.92 Å². The lowest BCUT2D eigenvalue weighted by molar-refractivity contribution is -0.105. The van der Waals surface area contributed by atoms with Crippen molar-refractivity contribution in [2.24, 2.45) is 0 Å². The molecule has 2 aromatic rings. The number of ether oxygens (including phenoxy) is 5. The first-order valence-corrected chi connectivity index (χ1v) is 13.5. The first-order valence-electron chi connectivity index (χ1n) is 13.5. The fraction of sp³-hybridized carbons (Fsp3) is 0.533. The summed E-state index contributed by atoms with van der Waals surface area (Å²) in [7, 11) is 4.73. The van der Waals surface area contributed by atoms with Gasteiger partial charge in [-0.25, -0.2) is 0 Å². The van der Waals surface area contributed by atoms with Crippen LogP contribution >= 0.6 is 0 Å². The van der Waals surface area contributed by atoms with Crippen LogP contribution in [0.25, 0.3) is 0 Å². The molecule has 1 aliphatic rings. The number of benzene rings is 1. The number of hydrogen-bond donors (Lipinski definition) is 3. The van der Waals surface area contributed by atoms with Gasteiger partial charge in [0, 0.05) is 26.7 Å². The van der Waals surface area contributed by atoms with E-state index in [1.807, 2.05) is 6.08 Å². The number of anilines is 2. The molecule has 10 heteroatoms. The number of methoxy groups -OCH3 is 3. The van der Waals surface area contributed by atoms with Crippen LogP contribution in [-0.2, 0) is 31.8 Å². The molecule has 0 amide bonds. The number of nitrogens with zero attached hydrogens (tertiary/aromatic N) is 2. The largest absolute Gasteiger partial charge is 0.512 e. The normalized spacial score (nSPS) is 15.8. The van der Waals surface area contributed by atoms with Crippen molar-refractivity contribution in [3.8, 4) is 11.8 Å². The Hall–Kier alpha value is -3.34. The lowest BCUT2D eigenvalue weighted by Crippen LogP contribution is -2.22. The number of nitrogens with one attached hydrogen (secondary N) is 2. The predicted octanol–water partition coefficient (Wildman–Crippen LogP) is 5.38. The predicted molar refractivity (Wildman–Crippen MR) is 156 cm³/mol. The van der Waals surface area contributed by atoms with Gasteiger partial charge in [-0.3, -0.25) is 0 Å². The van der Waals surface area contributed by atoms with Crippen LogP contribution in [0.5, 0.6) is 11.8 Å². The summed E-state index contributed by atoms with van der Waals surface area (Å²) in [6.07, 6.45) is 6.55. The smallest absolute Gasteiger partial charge is 0.246 e. The van der Waals surface area contributed by atoms with Gasteiger partial charge in [-0.1, -0.05) is 24.3 Å². The van der Waals surface area contributed by atoms with E-state index in [1.54, 1.807) is 19.3 Å². The van der Waals surface area contributed by atoms with Gasteiger partial charge in [0.05, 0.1) is 37.8 Å². The summed E-state index contributed by atoms with van der Waals surface area (Å²) in [5, 5.41) is 16.8. The molecular weight excluding hydrogens is 512 g/mol. The summed E-state index contributed by atoms with van der Waals surface area (Å²) in [6, 6.07) is 4.35. The molecule has 0 atom stereocenters. The summed E-state index contributed by atoms with van der Waals surface area (Å²) in [4.78, 5) is 8.76. The van der Waals surface area contributed by atoms with E-state index >= 15 is 0 Å². The highest BCUT2D eigenvalue weighted by Crippen LogP contribution is 2.47. The molecule has 0 saturated carbocycles. The molecule has 0 bridgehead atoms. The molecule has 0 radical (unpaired) electrons. The fourth-order valence-electron chi connectivity index (χ4n) is 4.79. The van der Waals surface area contributed by atoms with E-state index in [0.717, 1.165) is 17.5 Å². The summed E-state index contributed by atoms with van der Waals surface area (Å²) < 4.78 is 27.8. The van der Waals surface area contributed by atoms with Crippen molar-refractivity contribution in [2.75, 3.05) is 58.5 Å². The third-order valence-electron chi connectivity index (χ3n) is 6.68. The molecule has 1 aliphatic heterocycles. The number of aryl methyl sites for hydroxylation is 1. The molecule has 220 valence electrons. The summed E-state index contributed by atoms with van der Waals surface area (Å²) in [6.45, 7) is 12.3. The maximum atomic E-state index is 10.6. The van der Waals surface area contributed by atoms with Gasteiger partial charge in [0.1, 0.15) is 6.73 Å². The van der Waals surface area contributed by atoms with Gasteiger partial charge in [-0.2, -0.15) is 9.97 Å². The Morgan fingerprint density at radius 3 is 2.27 bits per heavy atom. The minimum Gasteiger partial charge on any atom is -0.512 e. The Kier molecular flexibility index (Phi) is 10.8. The topological polar surface area (TPSA) is 116 Å². The zero-order chi connectivity index (χ0) is 29.3. The SMILES string of the molecule is COCCCNc1nc(OC)c(NCOC/C=C/C=C(\O)Cc2cc3c(cc2C)C(C)(C)OC3(C)C)c(OC)n1. The lowest BCUT2D eigenvalue weighted by atomic mass is 9.86. The Balaban J connectivity index is 1.52. The quantitative estimate of drug-likeness (QED) is 0.114. The van der Waals surface area contributed by atoms with Crippen molar-refractivity contribution in [1.29, 1.82) is 0 Å². The van der Waals surface area contributed by atoms with E-state index in [4.69, 9.17) is 23.7 Å². The van der Waals surface area contributed by atoms with Crippen molar-refractivity contribution in [3.63, 3.8) is 0 Å². The first-order chi connectivity index (χ1) is 19.0. The first kappa shape index (κ1) is 31.2. The average molecular weight is 557 g/mol. The van der Waals surface area contributed by atoms with Gasteiger partial charge >= 0.3 is 0 Å². The van der Waals surface area contributed by atoms with E-state index < -0.39 is 0 Å². The molecule has 0 aliphatic carbocycles. The minimum absolute atomic E-state index is 0.180. The lowest BCUT2D eigenvalue weighted by Gasteiger charge is -2.24. The third kappa shape index (κ3) is 7.87. The highest BCUT2D eigenvalue weighted by Gasteiger charge is 2.43. The molecule has 0 saturated heterocycles. The Labute approximate surface area is 237 Å². The number of hydrogen-bond acceptors (Lipinski definition) is 10. The number of aromatic nitrogens is 2. The van der Waals surface area contributed by atoms with E-state index in [9.17, 15) is 5.11 Å². The maximum absolute atomic E-state index is 10.6. The van der Waals surface area contributed by atoms with Gasteiger partial charge in [0.2, 0.25) is 17.7 Å². The molecule has 0 unspecified atom stereocenters. The molecule has 10 nitrogen and oxygen atoms in total. The number of rotatable bonds is 15. The second kappa shape index (κ2) is 13.8. The monoisotopic (exact) mass is 556 g/mol. The Bertz CT molecular complexity index is 1180. The van der Waals surface area contributed by atoms with E-state index in [2.05, 4.69) is 67.4 Å². The van der Waals surface area contributed by atoms with E-state index in [0.29, 0.717) is 49.6 Å². The van der Waals surface area contributed by atoms with Crippen LogP contribution < -0.4 is 20.1 Å². The van der Waals surface area contributed by atoms with Gasteiger partial charge in [0.15, 0.2) is 5.69 Å². The molecule has 3 N–H and O–H groups in total. The van der Waals surface area contributed by atoms with Crippen LogP contribution in [0.3, 0.4) is 0 Å². The van der Waals surface area contributed by atoms with Crippen LogP contribution in [0.15, 0.2) is 36.1 Å². The Morgan fingerprint density at radius 1 is 1.00 bits per heavy atom. The maximum Gasteiger partial charge on any atom is 0.246 e. The van der Waals surface area contributed by atoms with Gasteiger partial charge in [0.25, 0.3) is 0 Å². The van der Waals surface area contributed by atoms with Gasteiger partial charge in [-0.15, -0.1) is 0 Å². The van der Waals surface area contributed by atoms with Crippen LogP contribution in [-0.4, -0.2) is 62.9 Å². The molecular formula is C30H44N4O6. The molecule has 0 spiro atoms. The molecule has 3 rings (SSSR count). The van der Waals surface area contributed by atoms with Crippen molar-refractivity contribution in [3.05, 3.63) is 58.4 Å². The van der Waals surface area contributed by atoms with Crippen molar-refractivity contribution in [1.82, 2.24) is 9.97 Å². The standard InChI is InChI=1S/C30H44N4O6/c1-20-16-23-24(30(4,5)40-29(23,2)3)18-21(20)17-22(35)12-9-10-15-39-19-32-25-26(37-7)33-28(34-27(25)38-8)31-13-11-14-36-6/h9-10,12,16,18,32,35H,11,13-15,17,19H2,1-8H3,(H,31,33,34)/b10-9+,22-12-. The number of fused-ring (bicyclic) bond motifs is 1. The average Bonchev–Trinajstić information content (AvgIpc) is 3.08. The summed E-state index contributed by atoms with van der Waals surface area (Å²) >= 11 is 0. The summed E-state index contributed by atoms with van der Waals surface area (Å²) in [5.74, 6) is 1.36. The highest BCUT2D eigenvalue weighted by atomic mass is 16.5. The van der Waals surface area contributed by atoms with Crippen LogP contribution in [0.2, 0.25) is 0 Å². The van der Waals surface area contributed by atoms with Crippen molar-refractivity contribution < 1.29 is 28.8 Å². The fourth-order valence-corrected chi connectivity index (χ4v) is 4.79. The zero-order valence-electron chi connectivity index (χ0n) is 25.0. The highest BCUT2D eigenvalue weighted by molar-refractivity contribution is 5.62. The van der Waals surface area contributed by atoms with Gasteiger partial charge in [-0.05, 0) is 69.4 Å². The number of allylic oxidation sites excluding steroid dienone is 3. The summed E-state index contributed by atoms with van der Waals surface area (Å²) in [5.41, 5.74) is 4.40. The second-order valence-corrected chi connectivity index (χ2v) is 10.6. The van der Waals surface area contributed by atoms with Crippen LogP contribution in [0.4, 0.5) is 11.6 Å². The second-order valence-electron chi connectivity index (χ2n) is 10.6. The minimum atomic E-state index is -0.366. The van der Waals surface area contributed by atoms with Crippen molar-refractivity contribution >= 4 is 11.6 Å².